The molecule has 3 aromatic rings. The number of nitrogens with one attached hydrogen (secondary N) is 2. The normalized spacial score (nSPS) is 10.6. The fourth-order valence-electron chi connectivity index (χ4n) is 3.09. The number of carbonyl (C=O) groups excluding carboxylic acids is 1. The first kappa shape index (κ1) is 20.8. The molecule has 8 nitrogen and oxygen atoms in total. The molecule has 0 atom stereocenters. The van der Waals surface area contributed by atoms with E-state index in [4.69, 9.17) is 5.73 Å². The number of nitrogens with zero attached hydrogens (tertiary/aromatic N) is 2. The Morgan fingerprint density at radius 1 is 1.13 bits per heavy atom. The predicted molar refractivity (Wildman–Crippen MR) is 114 cm³/mol. The second-order valence-electron chi connectivity index (χ2n) is 6.54. The minimum Gasteiger partial charge on any atom is -0.383 e. The zero-order valence-electron chi connectivity index (χ0n) is 16.4. The Morgan fingerprint density at radius 2 is 1.80 bits per heavy atom. The number of nitrogens with two attached hydrogens (primary N) is 1. The number of rotatable bonds is 7. The van der Waals surface area contributed by atoms with E-state index >= 15 is 0 Å². The van der Waals surface area contributed by atoms with Gasteiger partial charge in [-0.05, 0) is 24.6 Å². The van der Waals surface area contributed by atoms with Gasteiger partial charge in [0.2, 0.25) is 5.91 Å². The third-order valence-corrected chi connectivity index (χ3v) is 4.59. The summed E-state index contributed by atoms with van der Waals surface area (Å²) in [5, 5.41) is 2.71. The van der Waals surface area contributed by atoms with Gasteiger partial charge in [-0.2, -0.15) is 0 Å². The van der Waals surface area contributed by atoms with Crippen molar-refractivity contribution in [1.29, 1.82) is 0 Å². The number of likely N-dealkylation sites (N-methyl/N-ethyl adjacent to an activating group) is 1. The van der Waals surface area contributed by atoms with Crippen molar-refractivity contribution in [2.45, 2.75) is 13.5 Å². The number of amides is 1. The predicted octanol–water partition coefficient (Wildman–Crippen LogP) is 1.77. The quantitative estimate of drug-likeness (QED) is 0.548. The second kappa shape index (κ2) is 9.08. The highest BCUT2D eigenvalue weighted by Crippen LogP contribution is 2.18. The lowest BCUT2D eigenvalue weighted by Crippen LogP contribution is -2.43. The number of hydrogen-bond donors (Lipinski definition) is 3. The molecule has 0 fully saturated rings. The fourth-order valence-corrected chi connectivity index (χ4v) is 3.09. The van der Waals surface area contributed by atoms with Gasteiger partial charge in [-0.25, -0.2) is 9.18 Å². The van der Waals surface area contributed by atoms with Crippen molar-refractivity contribution >= 4 is 23.1 Å². The Balaban J connectivity index is 1.91. The standard InChI is InChI=1S/C21H22FN5O3/c1-2-26(17(28)12-24-16-11-7-6-10-15(16)22)18-19(23)27(21(30)25-20(18)29)13-14-8-4-3-5-9-14/h3-11,24H,2,12-13,23H2,1H3,(H,25,29,30). The maximum absolute atomic E-state index is 13.8. The molecule has 3 rings (SSSR count). The van der Waals surface area contributed by atoms with Crippen molar-refractivity contribution in [3.05, 3.63) is 86.8 Å². The third-order valence-electron chi connectivity index (χ3n) is 4.59. The van der Waals surface area contributed by atoms with E-state index in [-0.39, 0.29) is 36.8 Å². The molecule has 0 aliphatic rings. The van der Waals surface area contributed by atoms with E-state index in [1.807, 2.05) is 30.3 Å². The van der Waals surface area contributed by atoms with Crippen LogP contribution in [-0.2, 0) is 11.3 Å². The summed E-state index contributed by atoms with van der Waals surface area (Å²) in [5.74, 6) is -1.11. The van der Waals surface area contributed by atoms with Crippen LogP contribution in [0.1, 0.15) is 12.5 Å². The number of benzene rings is 2. The number of halogens is 1. The Bertz CT molecular complexity index is 1160. The molecule has 30 heavy (non-hydrogen) atoms. The summed E-state index contributed by atoms with van der Waals surface area (Å²) in [5.41, 5.74) is 5.57. The monoisotopic (exact) mass is 411 g/mol. The highest BCUT2D eigenvalue weighted by molar-refractivity contribution is 5.98. The van der Waals surface area contributed by atoms with E-state index in [1.165, 1.54) is 27.7 Å². The van der Waals surface area contributed by atoms with E-state index in [2.05, 4.69) is 10.3 Å². The molecule has 1 heterocycles. The molecule has 2 aromatic carbocycles. The molecule has 156 valence electrons. The lowest BCUT2D eigenvalue weighted by atomic mass is 10.2. The first-order chi connectivity index (χ1) is 14.4. The minimum absolute atomic E-state index is 0.117. The van der Waals surface area contributed by atoms with Crippen LogP contribution in [0.3, 0.4) is 0 Å². The van der Waals surface area contributed by atoms with Gasteiger partial charge >= 0.3 is 5.69 Å². The van der Waals surface area contributed by atoms with Crippen molar-refractivity contribution in [3.63, 3.8) is 0 Å². The molecule has 0 bridgehead atoms. The van der Waals surface area contributed by atoms with Crippen molar-refractivity contribution in [2.75, 3.05) is 29.0 Å². The van der Waals surface area contributed by atoms with Gasteiger partial charge in [0.05, 0.1) is 18.8 Å². The molecule has 0 aliphatic heterocycles. The van der Waals surface area contributed by atoms with Crippen molar-refractivity contribution in [3.8, 4) is 0 Å². The summed E-state index contributed by atoms with van der Waals surface area (Å²) >= 11 is 0. The summed E-state index contributed by atoms with van der Waals surface area (Å²) in [6.45, 7) is 1.68. The van der Waals surface area contributed by atoms with Crippen LogP contribution in [0.2, 0.25) is 0 Å². The first-order valence-corrected chi connectivity index (χ1v) is 9.37. The second-order valence-corrected chi connectivity index (χ2v) is 6.54. The average molecular weight is 411 g/mol. The Labute approximate surface area is 171 Å². The Morgan fingerprint density at radius 3 is 2.47 bits per heavy atom. The van der Waals surface area contributed by atoms with Gasteiger partial charge < -0.3 is 16.0 Å². The van der Waals surface area contributed by atoms with Crippen LogP contribution in [0.25, 0.3) is 0 Å². The number of H-pyrrole nitrogens is 1. The molecular formula is C21H22FN5O3. The summed E-state index contributed by atoms with van der Waals surface area (Å²) in [6.07, 6.45) is 0. The Hall–Kier alpha value is -3.88. The molecule has 0 unspecified atom stereocenters. The first-order valence-electron chi connectivity index (χ1n) is 9.37. The number of aromatic nitrogens is 2. The average Bonchev–Trinajstić information content (AvgIpc) is 2.74. The largest absolute Gasteiger partial charge is 0.383 e. The number of aromatic amines is 1. The SMILES string of the molecule is CCN(C(=O)CNc1ccccc1F)c1c(N)n(Cc2ccccc2)c(=O)[nH]c1=O. The minimum atomic E-state index is -0.761. The van der Waals surface area contributed by atoms with Crippen LogP contribution in [0.5, 0.6) is 0 Å². The van der Waals surface area contributed by atoms with Gasteiger partial charge in [-0.1, -0.05) is 42.5 Å². The van der Waals surface area contributed by atoms with E-state index in [9.17, 15) is 18.8 Å². The van der Waals surface area contributed by atoms with Crippen LogP contribution < -0.4 is 27.2 Å². The van der Waals surface area contributed by atoms with Crippen molar-refractivity contribution in [2.24, 2.45) is 0 Å². The van der Waals surface area contributed by atoms with Crippen LogP contribution in [0.4, 0.5) is 21.6 Å². The molecular weight excluding hydrogens is 389 g/mol. The van der Waals surface area contributed by atoms with E-state index in [0.717, 1.165) is 5.56 Å². The van der Waals surface area contributed by atoms with Gasteiger partial charge in [-0.3, -0.25) is 19.1 Å². The maximum atomic E-state index is 13.8. The molecule has 0 spiro atoms. The van der Waals surface area contributed by atoms with Crippen LogP contribution >= 0.6 is 0 Å². The number of anilines is 3. The van der Waals surface area contributed by atoms with Gasteiger partial charge in [0, 0.05) is 6.54 Å². The zero-order valence-corrected chi connectivity index (χ0v) is 16.4. The molecule has 4 N–H and O–H groups in total. The molecule has 9 heteroatoms. The Kier molecular flexibility index (Phi) is 6.31. The summed E-state index contributed by atoms with van der Waals surface area (Å²) in [6, 6.07) is 15.1. The number of nitrogen functional groups attached to an aromatic ring is 1. The van der Waals surface area contributed by atoms with Crippen LogP contribution in [-0.4, -0.2) is 28.5 Å². The molecule has 0 saturated heterocycles. The molecule has 0 radical (unpaired) electrons. The van der Waals surface area contributed by atoms with Crippen molar-refractivity contribution < 1.29 is 9.18 Å². The van der Waals surface area contributed by atoms with E-state index < -0.39 is 23.0 Å². The molecule has 1 amide bonds. The smallest absolute Gasteiger partial charge is 0.330 e. The highest BCUT2D eigenvalue weighted by atomic mass is 19.1. The summed E-state index contributed by atoms with van der Waals surface area (Å²) in [7, 11) is 0. The van der Waals surface area contributed by atoms with Gasteiger partial charge in [0.15, 0.2) is 5.69 Å². The van der Waals surface area contributed by atoms with Crippen molar-refractivity contribution in [1.82, 2.24) is 9.55 Å². The lowest BCUT2D eigenvalue weighted by molar-refractivity contribution is -0.116. The van der Waals surface area contributed by atoms with Crippen LogP contribution in [0.15, 0.2) is 64.2 Å². The van der Waals surface area contributed by atoms with Gasteiger partial charge in [0.25, 0.3) is 5.56 Å². The highest BCUT2D eigenvalue weighted by Gasteiger charge is 2.23. The summed E-state index contributed by atoms with van der Waals surface area (Å²) in [4.78, 5) is 40.9. The van der Waals surface area contributed by atoms with E-state index in [1.54, 1.807) is 13.0 Å². The topological polar surface area (TPSA) is 113 Å². The number of hydrogen-bond acceptors (Lipinski definition) is 5. The van der Waals surface area contributed by atoms with Crippen LogP contribution in [0, 0.1) is 5.82 Å². The lowest BCUT2D eigenvalue weighted by Gasteiger charge is -2.23. The van der Waals surface area contributed by atoms with E-state index in [0.29, 0.717) is 0 Å². The third kappa shape index (κ3) is 4.40. The molecule has 1 aromatic heterocycles. The van der Waals surface area contributed by atoms with Gasteiger partial charge in [-0.15, -0.1) is 0 Å². The van der Waals surface area contributed by atoms with Gasteiger partial charge in [0.1, 0.15) is 11.6 Å². The number of carbonyl (C=O) groups is 1. The fraction of sp³-hybridized carbons (Fsp3) is 0.190. The maximum Gasteiger partial charge on any atom is 0.330 e. The number of para-hydroxylation sites is 1. The molecule has 0 aliphatic carbocycles. The summed E-state index contributed by atoms with van der Waals surface area (Å²) < 4.78 is 15.0. The molecule has 0 saturated carbocycles. The zero-order chi connectivity index (χ0) is 21.7.